The van der Waals surface area contributed by atoms with Crippen LogP contribution in [0.15, 0.2) is 65.8 Å². The first-order valence-electron chi connectivity index (χ1n) is 13.6. The van der Waals surface area contributed by atoms with E-state index in [-0.39, 0.29) is 11.9 Å². The second-order valence-corrected chi connectivity index (χ2v) is 11.8. The van der Waals surface area contributed by atoms with Gasteiger partial charge in [-0.3, -0.25) is 9.69 Å². The molecule has 3 heterocycles. The number of carbonyl (C=O) groups excluding carboxylic acids is 1. The maximum atomic E-state index is 13.0. The molecule has 0 spiro atoms. The number of nitrogens with one attached hydrogen (secondary N) is 1. The zero-order chi connectivity index (χ0) is 26.3. The van der Waals surface area contributed by atoms with Gasteiger partial charge in [0.15, 0.2) is 5.16 Å². The van der Waals surface area contributed by atoms with Crippen molar-refractivity contribution < 1.29 is 4.79 Å². The normalized spacial score (nSPS) is 17.5. The zero-order valence-electron chi connectivity index (χ0n) is 22.0. The molecule has 2 aliphatic heterocycles. The van der Waals surface area contributed by atoms with E-state index in [1.807, 2.05) is 30.3 Å². The van der Waals surface area contributed by atoms with E-state index in [4.69, 9.17) is 16.6 Å². The average Bonchev–Trinajstić information content (AvgIpc) is 2.94. The van der Waals surface area contributed by atoms with Crippen LogP contribution in [0, 0.1) is 5.92 Å². The fraction of sp³-hybridized carbons (Fsp3) is 0.433. The Morgan fingerprint density at radius 3 is 2.45 bits per heavy atom. The topological polar surface area (TPSA) is 61.4 Å². The van der Waals surface area contributed by atoms with Gasteiger partial charge >= 0.3 is 0 Å². The van der Waals surface area contributed by atoms with Crippen molar-refractivity contribution in [2.75, 3.05) is 31.1 Å². The van der Waals surface area contributed by atoms with E-state index in [9.17, 15) is 4.79 Å². The first-order valence-corrected chi connectivity index (χ1v) is 15.0. The van der Waals surface area contributed by atoms with Crippen LogP contribution in [0.4, 0.5) is 5.82 Å². The number of aromatic nitrogens is 2. The molecule has 0 radical (unpaired) electrons. The lowest BCUT2D eigenvalue weighted by Gasteiger charge is -2.32. The molecule has 0 bridgehead atoms. The van der Waals surface area contributed by atoms with Crippen molar-refractivity contribution in [3.05, 3.63) is 82.5 Å². The Hall–Kier alpha value is -2.61. The monoisotopic (exact) mass is 549 g/mol. The van der Waals surface area contributed by atoms with Gasteiger partial charge in [-0.25, -0.2) is 9.97 Å². The van der Waals surface area contributed by atoms with E-state index < -0.39 is 0 Å². The molecule has 3 aromatic rings. The molecule has 1 aromatic heterocycles. The highest BCUT2D eigenvalue weighted by atomic mass is 35.5. The summed E-state index contributed by atoms with van der Waals surface area (Å²) >= 11 is 7.89. The van der Waals surface area contributed by atoms with E-state index in [1.54, 1.807) is 11.8 Å². The summed E-state index contributed by atoms with van der Waals surface area (Å²) in [6.07, 6.45) is 4.29. The van der Waals surface area contributed by atoms with E-state index in [2.05, 4.69) is 57.4 Å². The number of piperidine rings is 2. The number of benzene rings is 2. The Bertz CT molecular complexity index is 1210. The summed E-state index contributed by atoms with van der Waals surface area (Å²) in [5.41, 5.74) is 3.10. The van der Waals surface area contributed by atoms with Crippen molar-refractivity contribution in [2.45, 2.75) is 56.1 Å². The molecule has 1 amide bonds. The minimum atomic E-state index is -0.000946. The summed E-state index contributed by atoms with van der Waals surface area (Å²) in [7, 11) is 0. The Morgan fingerprint density at radius 2 is 1.68 bits per heavy atom. The first kappa shape index (κ1) is 27.0. The van der Waals surface area contributed by atoms with Gasteiger partial charge in [0.2, 0.25) is 0 Å². The third-order valence-electron chi connectivity index (χ3n) is 7.50. The van der Waals surface area contributed by atoms with Gasteiger partial charge in [-0.15, -0.1) is 0 Å². The largest absolute Gasteiger partial charge is 0.356 e. The minimum Gasteiger partial charge on any atom is -0.356 e. The van der Waals surface area contributed by atoms with Crippen LogP contribution in [-0.2, 0) is 12.3 Å². The van der Waals surface area contributed by atoms with Gasteiger partial charge in [-0.1, -0.05) is 72.8 Å². The smallest absolute Gasteiger partial charge is 0.251 e. The van der Waals surface area contributed by atoms with Gasteiger partial charge in [-0.2, -0.15) is 0 Å². The number of halogens is 1. The second-order valence-electron chi connectivity index (χ2n) is 10.5. The van der Waals surface area contributed by atoms with Crippen LogP contribution >= 0.6 is 23.4 Å². The summed E-state index contributed by atoms with van der Waals surface area (Å²) in [6, 6.07) is 20.5. The molecular formula is C30H36ClN5OS. The highest BCUT2D eigenvalue weighted by Gasteiger charge is 2.22. The molecular weight excluding hydrogens is 514 g/mol. The van der Waals surface area contributed by atoms with Crippen LogP contribution in [0.5, 0.6) is 0 Å². The predicted molar refractivity (Wildman–Crippen MR) is 156 cm³/mol. The van der Waals surface area contributed by atoms with Crippen molar-refractivity contribution in [3.63, 3.8) is 0 Å². The van der Waals surface area contributed by atoms with E-state index in [1.165, 1.54) is 18.4 Å². The second kappa shape index (κ2) is 13.0. The third-order valence-corrected chi connectivity index (χ3v) is 8.61. The molecule has 0 unspecified atom stereocenters. The van der Waals surface area contributed by atoms with Crippen molar-refractivity contribution in [3.8, 4) is 0 Å². The Morgan fingerprint density at radius 1 is 0.947 bits per heavy atom. The molecule has 0 saturated carbocycles. The van der Waals surface area contributed by atoms with Crippen LogP contribution in [0.2, 0.25) is 5.15 Å². The summed E-state index contributed by atoms with van der Waals surface area (Å²) in [5, 5.41) is 4.40. The van der Waals surface area contributed by atoms with Crippen LogP contribution in [0.1, 0.15) is 54.1 Å². The molecule has 1 N–H and O–H groups in total. The van der Waals surface area contributed by atoms with Crippen molar-refractivity contribution in [1.29, 1.82) is 0 Å². The number of thioether (sulfide) groups is 1. The molecule has 2 fully saturated rings. The van der Waals surface area contributed by atoms with Gasteiger partial charge in [-0.05, 0) is 54.9 Å². The molecule has 200 valence electrons. The molecule has 8 heteroatoms. The number of hydrogen-bond donors (Lipinski definition) is 1. The van der Waals surface area contributed by atoms with Crippen LogP contribution < -0.4 is 10.2 Å². The summed E-state index contributed by atoms with van der Waals surface area (Å²) in [4.78, 5) is 27.0. The Labute approximate surface area is 235 Å². The van der Waals surface area contributed by atoms with Gasteiger partial charge in [0.05, 0.1) is 0 Å². The number of rotatable bonds is 8. The lowest BCUT2D eigenvalue weighted by atomic mass is 9.99. The lowest BCUT2D eigenvalue weighted by molar-refractivity contribution is 0.0909. The number of anilines is 1. The maximum absolute atomic E-state index is 13.0. The molecule has 2 aromatic carbocycles. The number of amides is 1. The van der Waals surface area contributed by atoms with E-state index >= 15 is 0 Å². The van der Waals surface area contributed by atoms with Crippen LogP contribution in [-0.4, -0.2) is 53.0 Å². The van der Waals surface area contributed by atoms with Gasteiger partial charge in [0.25, 0.3) is 5.91 Å². The Kier molecular flexibility index (Phi) is 9.20. The SMILES string of the molecule is CC1CCN(c2cc(Cl)nc(SCc3cccc(C(=O)NC4CCN(Cc5ccccc5)CC4)c3)n2)CC1. The van der Waals surface area contributed by atoms with Crippen molar-refractivity contribution in [2.24, 2.45) is 5.92 Å². The van der Waals surface area contributed by atoms with E-state index in [0.717, 1.165) is 62.9 Å². The lowest BCUT2D eigenvalue weighted by Crippen LogP contribution is -2.44. The summed E-state index contributed by atoms with van der Waals surface area (Å²) in [6.45, 7) is 7.26. The summed E-state index contributed by atoms with van der Waals surface area (Å²) < 4.78 is 0. The molecule has 2 aliphatic rings. The standard InChI is InChI=1S/C30H36ClN5OS/c1-22-10-16-36(17-11-22)28-19-27(31)33-30(34-28)38-21-24-8-5-9-25(18-24)29(37)32-26-12-14-35(15-13-26)20-23-6-3-2-4-7-23/h2-9,18-19,22,26H,10-17,20-21H2,1H3,(H,32,37). The zero-order valence-corrected chi connectivity index (χ0v) is 23.6. The Balaban J connectivity index is 1.12. The number of nitrogens with zero attached hydrogens (tertiary/aromatic N) is 4. The van der Waals surface area contributed by atoms with Crippen molar-refractivity contribution in [1.82, 2.24) is 20.2 Å². The molecule has 0 atom stereocenters. The van der Waals surface area contributed by atoms with E-state index in [0.29, 0.717) is 21.6 Å². The molecule has 0 aliphatic carbocycles. The van der Waals surface area contributed by atoms with Gasteiger partial charge < -0.3 is 10.2 Å². The molecule has 2 saturated heterocycles. The fourth-order valence-electron chi connectivity index (χ4n) is 5.15. The average molecular weight is 550 g/mol. The highest BCUT2D eigenvalue weighted by Crippen LogP contribution is 2.27. The quantitative estimate of drug-likeness (QED) is 0.209. The molecule has 38 heavy (non-hydrogen) atoms. The first-order chi connectivity index (χ1) is 18.5. The van der Waals surface area contributed by atoms with Gasteiger partial charge in [0, 0.05) is 56.1 Å². The summed E-state index contributed by atoms with van der Waals surface area (Å²) in [5.74, 6) is 2.34. The number of likely N-dealkylation sites (tertiary alicyclic amines) is 1. The highest BCUT2D eigenvalue weighted by molar-refractivity contribution is 7.98. The molecule has 6 nitrogen and oxygen atoms in total. The fourth-order valence-corrected chi connectivity index (χ4v) is 6.17. The minimum absolute atomic E-state index is 0.000946. The van der Waals surface area contributed by atoms with Crippen LogP contribution in [0.25, 0.3) is 0 Å². The molecule has 5 rings (SSSR count). The maximum Gasteiger partial charge on any atom is 0.251 e. The van der Waals surface area contributed by atoms with Crippen LogP contribution in [0.3, 0.4) is 0 Å². The van der Waals surface area contributed by atoms with Gasteiger partial charge in [0.1, 0.15) is 11.0 Å². The third kappa shape index (κ3) is 7.49. The number of hydrogen-bond acceptors (Lipinski definition) is 6. The van der Waals surface area contributed by atoms with Crippen molar-refractivity contribution >= 4 is 35.1 Å². The predicted octanol–water partition coefficient (Wildman–Crippen LogP) is 6.05. The number of carbonyl (C=O) groups is 1.